The van der Waals surface area contributed by atoms with Gasteiger partial charge in [-0.25, -0.2) is 4.39 Å². The largest absolute Gasteiger partial charge is 0.492 e. The van der Waals surface area contributed by atoms with Crippen LogP contribution in [0.3, 0.4) is 0 Å². The molecule has 2 aliphatic rings. The van der Waals surface area contributed by atoms with Gasteiger partial charge in [0.05, 0.1) is 16.1 Å². The molecule has 92 valence electrons. The Morgan fingerprint density at radius 2 is 2.18 bits per heavy atom. The Labute approximate surface area is 113 Å². The lowest BCUT2D eigenvalue weighted by molar-refractivity contribution is 0.245. The molecule has 0 bridgehead atoms. The van der Waals surface area contributed by atoms with Gasteiger partial charge in [-0.3, -0.25) is 0 Å². The van der Waals surface area contributed by atoms with Crippen molar-refractivity contribution in [1.82, 2.24) is 5.32 Å². The number of halogens is 3. The molecule has 1 N–H and O–H groups in total. The van der Waals surface area contributed by atoms with Crippen LogP contribution in [0, 0.1) is 5.82 Å². The van der Waals surface area contributed by atoms with Gasteiger partial charge >= 0.3 is 0 Å². The predicted molar refractivity (Wildman–Crippen MR) is 68.1 cm³/mol. The van der Waals surface area contributed by atoms with Crippen molar-refractivity contribution in [2.75, 3.05) is 6.61 Å². The monoisotopic (exact) mass is 319 g/mol. The van der Waals surface area contributed by atoms with Crippen molar-refractivity contribution in [1.29, 1.82) is 0 Å². The summed E-state index contributed by atoms with van der Waals surface area (Å²) < 4.78 is 20.4. The summed E-state index contributed by atoms with van der Waals surface area (Å²) in [6, 6.07) is 2.10. The van der Waals surface area contributed by atoms with Gasteiger partial charge in [0, 0.05) is 24.1 Å². The van der Waals surface area contributed by atoms with Crippen LogP contribution in [0.1, 0.15) is 30.9 Å². The van der Waals surface area contributed by atoms with E-state index in [0.29, 0.717) is 24.0 Å². The first-order valence-electron chi connectivity index (χ1n) is 5.73. The van der Waals surface area contributed by atoms with Gasteiger partial charge < -0.3 is 10.1 Å². The highest BCUT2D eigenvalue weighted by molar-refractivity contribution is 9.10. The first-order chi connectivity index (χ1) is 8.16. The lowest BCUT2D eigenvalue weighted by Crippen LogP contribution is -2.29. The zero-order valence-corrected chi connectivity index (χ0v) is 11.4. The molecule has 1 aliphatic heterocycles. The Kier molecular flexibility index (Phi) is 3.05. The van der Waals surface area contributed by atoms with E-state index in [9.17, 15) is 4.39 Å². The summed E-state index contributed by atoms with van der Waals surface area (Å²) in [5.41, 5.74) is 0.572. The molecule has 5 heteroatoms. The van der Waals surface area contributed by atoms with Gasteiger partial charge in [0.25, 0.3) is 0 Å². The molecular formula is C12H12BrClFNO. The van der Waals surface area contributed by atoms with Crippen molar-refractivity contribution in [3.8, 4) is 5.75 Å². The zero-order valence-electron chi connectivity index (χ0n) is 9.10. The fraction of sp³-hybridized carbons (Fsp3) is 0.500. The molecule has 1 aromatic carbocycles. The first kappa shape index (κ1) is 11.8. The third kappa shape index (κ3) is 2.18. The molecule has 1 fully saturated rings. The SMILES string of the molecule is Fc1c(Cl)cc(Br)c2c1C(NC1CC1)CCO2. The zero-order chi connectivity index (χ0) is 12.0. The van der Waals surface area contributed by atoms with Gasteiger partial charge in [0.2, 0.25) is 0 Å². The van der Waals surface area contributed by atoms with Crippen LogP contribution in [0.4, 0.5) is 4.39 Å². The minimum atomic E-state index is -0.359. The topological polar surface area (TPSA) is 21.3 Å². The summed E-state index contributed by atoms with van der Waals surface area (Å²) in [4.78, 5) is 0. The van der Waals surface area contributed by atoms with Crippen molar-refractivity contribution in [2.24, 2.45) is 0 Å². The molecule has 0 aromatic heterocycles. The number of rotatable bonds is 2. The Morgan fingerprint density at radius 1 is 1.41 bits per heavy atom. The molecule has 1 heterocycles. The van der Waals surface area contributed by atoms with Gasteiger partial charge in [0.1, 0.15) is 11.6 Å². The van der Waals surface area contributed by atoms with Gasteiger partial charge in [-0.1, -0.05) is 11.6 Å². The van der Waals surface area contributed by atoms with Crippen molar-refractivity contribution >= 4 is 27.5 Å². The second kappa shape index (κ2) is 4.41. The number of ether oxygens (including phenoxy) is 1. The smallest absolute Gasteiger partial charge is 0.150 e. The standard InChI is InChI=1S/C12H12BrClFNO/c13-7-5-8(14)11(15)10-9(16-6-1-2-6)3-4-17-12(7)10/h5-6,9,16H,1-4H2. The molecule has 1 atom stereocenters. The number of hydrogen-bond acceptors (Lipinski definition) is 2. The van der Waals surface area contributed by atoms with Crippen molar-refractivity contribution in [3.63, 3.8) is 0 Å². The molecule has 1 aromatic rings. The molecule has 1 unspecified atom stereocenters. The minimum Gasteiger partial charge on any atom is -0.492 e. The molecule has 0 radical (unpaired) electrons. The van der Waals surface area contributed by atoms with Crippen LogP contribution in [0.15, 0.2) is 10.5 Å². The van der Waals surface area contributed by atoms with Crippen LogP contribution in [-0.4, -0.2) is 12.6 Å². The van der Waals surface area contributed by atoms with Gasteiger partial charge in [-0.2, -0.15) is 0 Å². The summed E-state index contributed by atoms with van der Waals surface area (Å²) in [5, 5.41) is 3.59. The number of fused-ring (bicyclic) bond motifs is 1. The van der Waals surface area contributed by atoms with Crippen molar-refractivity contribution < 1.29 is 9.13 Å². The highest BCUT2D eigenvalue weighted by Gasteiger charge is 2.32. The van der Waals surface area contributed by atoms with E-state index in [-0.39, 0.29) is 16.9 Å². The molecular weight excluding hydrogens is 308 g/mol. The van der Waals surface area contributed by atoms with Crippen LogP contribution in [0.25, 0.3) is 0 Å². The lowest BCUT2D eigenvalue weighted by Gasteiger charge is -2.28. The van der Waals surface area contributed by atoms with E-state index >= 15 is 0 Å². The second-order valence-corrected chi connectivity index (χ2v) is 5.79. The Hall–Kier alpha value is -0.320. The predicted octanol–water partition coefficient (Wildman–Crippen LogP) is 3.82. The fourth-order valence-electron chi connectivity index (χ4n) is 2.18. The quantitative estimate of drug-likeness (QED) is 0.837. The highest BCUT2D eigenvalue weighted by atomic mass is 79.9. The summed E-state index contributed by atoms with van der Waals surface area (Å²) >= 11 is 9.25. The molecule has 1 saturated carbocycles. The first-order valence-corrected chi connectivity index (χ1v) is 6.90. The molecule has 2 nitrogen and oxygen atoms in total. The van der Waals surface area contributed by atoms with Crippen LogP contribution in [0.5, 0.6) is 5.75 Å². The van der Waals surface area contributed by atoms with Crippen LogP contribution < -0.4 is 10.1 Å². The second-order valence-electron chi connectivity index (χ2n) is 4.53. The maximum Gasteiger partial charge on any atom is 0.150 e. The third-order valence-electron chi connectivity index (χ3n) is 3.18. The molecule has 17 heavy (non-hydrogen) atoms. The van der Waals surface area contributed by atoms with Crippen molar-refractivity contribution in [2.45, 2.75) is 31.3 Å². The lowest BCUT2D eigenvalue weighted by atomic mass is 9.99. The van der Waals surface area contributed by atoms with Crippen LogP contribution >= 0.6 is 27.5 Å². The maximum atomic E-state index is 14.1. The summed E-state index contributed by atoms with van der Waals surface area (Å²) in [6.07, 6.45) is 3.14. The van der Waals surface area contributed by atoms with Gasteiger partial charge in [-0.05, 0) is 34.8 Å². The number of nitrogens with one attached hydrogen (secondary N) is 1. The van der Waals surface area contributed by atoms with Gasteiger partial charge in [0.15, 0.2) is 0 Å². The van der Waals surface area contributed by atoms with E-state index < -0.39 is 0 Å². The normalized spacial score (nSPS) is 23.1. The summed E-state index contributed by atoms with van der Waals surface area (Å²) in [6.45, 7) is 0.608. The van der Waals surface area contributed by atoms with E-state index in [1.807, 2.05) is 0 Å². The van der Waals surface area contributed by atoms with E-state index in [2.05, 4.69) is 21.2 Å². The van der Waals surface area contributed by atoms with Crippen LogP contribution in [0.2, 0.25) is 5.02 Å². The summed E-state index contributed by atoms with van der Waals surface area (Å²) in [7, 11) is 0. The average molecular weight is 321 g/mol. The van der Waals surface area contributed by atoms with Crippen molar-refractivity contribution in [3.05, 3.63) is 26.9 Å². The molecule has 1 aliphatic carbocycles. The molecule has 0 amide bonds. The van der Waals surface area contributed by atoms with E-state index in [1.54, 1.807) is 6.07 Å². The minimum absolute atomic E-state index is 0.0150. The van der Waals surface area contributed by atoms with Gasteiger partial charge in [-0.15, -0.1) is 0 Å². The molecule has 0 spiro atoms. The maximum absolute atomic E-state index is 14.1. The fourth-order valence-corrected chi connectivity index (χ4v) is 3.08. The number of hydrogen-bond donors (Lipinski definition) is 1. The average Bonchev–Trinajstić information content (AvgIpc) is 3.10. The van der Waals surface area contributed by atoms with E-state index in [4.69, 9.17) is 16.3 Å². The molecule has 3 rings (SSSR count). The Bertz CT molecular complexity index is 464. The summed E-state index contributed by atoms with van der Waals surface area (Å²) in [5.74, 6) is 0.235. The van der Waals surface area contributed by atoms with E-state index in [1.165, 1.54) is 12.8 Å². The number of benzene rings is 1. The van der Waals surface area contributed by atoms with Crippen LogP contribution in [-0.2, 0) is 0 Å². The van der Waals surface area contributed by atoms with E-state index in [0.717, 1.165) is 10.9 Å². The third-order valence-corrected chi connectivity index (χ3v) is 4.04. The highest BCUT2D eigenvalue weighted by Crippen LogP contribution is 2.43. The molecule has 0 saturated heterocycles. The Balaban J connectivity index is 2.03. The Morgan fingerprint density at radius 3 is 2.88 bits per heavy atom.